The fourth-order valence-corrected chi connectivity index (χ4v) is 2.20. The Bertz CT molecular complexity index is 324. The summed E-state index contributed by atoms with van der Waals surface area (Å²) in [6.07, 6.45) is 2.33. The van der Waals surface area contributed by atoms with E-state index in [1.807, 2.05) is 34.6 Å². The lowest BCUT2D eigenvalue weighted by Crippen LogP contribution is -2.38. The zero-order valence-corrected chi connectivity index (χ0v) is 20.9. The van der Waals surface area contributed by atoms with E-state index in [-0.39, 0.29) is 33.0 Å². The van der Waals surface area contributed by atoms with Crippen molar-refractivity contribution in [2.24, 2.45) is 5.41 Å². The third kappa shape index (κ3) is 22.8. The maximum atomic E-state index is 9.67. The van der Waals surface area contributed by atoms with Crippen molar-refractivity contribution in [2.75, 3.05) is 46.2 Å². The minimum atomic E-state index is -0.509. The summed E-state index contributed by atoms with van der Waals surface area (Å²) in [5, 5.41) is 61.6. The zero-order valence-electron chi connectivity index (χ0n) is 20.9. The first-order valence-corrected chi connectivity index (χ1v) is 11.9. The molecule has 7 N–H and O–H groups in total. The Balaban J connectivity index is -0.000000571. The highest BCUT2D eigenvalue weighted by molar-refractivity contribution is 4.78. The molecule has 4 unspecified atom stereocenters. The van der Waals surface area contributed by atoms with Crippen LogP contribution in [0, 0.1) is 5.41 Å². The van der Waals surface area contributed by atoms with Crippen LogP contribution in [-0.4, -0.2) is 106 Å². The summed E-state index contributed by atoms with van der Waals surface area (Å²) in [6.45, 7) is 10.5. The van der Waals surface area contributed by atoms with Gasteiger partial charge in [-0.1, -0.05) is 41.0 Å². The average Bonchev–Trinajstić information content (AvgIpc) is 2.83. The van der Waals surface area contributed by atoms with E-state index in [1.165, 1.54) is 0 Å². The van der Waals surface area contributed by atoms with Crippen molar-refractivity contribution >= 4 is 0 Å². The van der Waals surface area contributed by atoms with Crippen LogP contribution in [0.15, 0.2) is 0 Å². The second kappa shape index (κ2) is 25.3. The summed E-state index contributed by atoms with van der Waals surface area (Å²) >= 11 is 0. The van der Waals surface area contributed by atoms with Crippen molar-refractivity contribution in [2.45, 2.75) is 97.6 Å². The summed E-state index contributed by atoms with van der Waals surface area (Å²) in [6, 6.07) is 0. The SMILES string of the molecule is CCC(O)CO.CCC(O)CO.CCCC(CO)(COCC(O)CC)COCC(O)CC. The normalized spacial score (nSPS) is 16.5. The second-order valence-corrected chi connectivity index (χ2v) is 8.05. The average molecular weight is 473 g/mol. The molecule has 0 aromatic rings. The molecule has 0 spiro atoms. The first kappa shape index (κ1) is 36.2. The summed E-state index contributed by atoms with van der Waals surface area (Å²) in [7, 11) is 0. The first-order chi connectivity index (χ1) is 15.1. The van der Waals surface area contributed by atoms with Crippen LogP contribution < -0.4 is 0 Å². The molecule has 4 atom stereocenters. The molecule has 9 heteroatoms. The quantitative estimate of drug-likeness (QED) is 0.163. The van der Waals surface area contributed by atoms with Crippen LogP contribution in [-0.2, 0) is 9.47 Å². The molecule has 0 aliphatic carbocycles. The molecule has 0 saturated carbocycles. The number of aliphatic hydroxyl groups is 7. The standard InChI is InChI=1S/C15H32O5.2C4H10O2/c1-4-7-15(10-16,11-19-8-13(17)5-2)12-20-9-14(18)6-3;2*1-2-4(6)3-5/h13-14,16-18H,4-12H2,1-3H3;2*4-6H,2-3H2,1H3. The molecule has 9 nitrogen and oxygen atoms in total. The largest absolute Gasteiger partial charge is 0.396 e. The Labute approximate surface area is 195 Å². The van der Waals surface area contributed by atoms with Crippen molar-refractivity contribution < 1.29 is 45.2 Å². The molecule has 32 heavy (non-hydrogen) atoms. The van der Waals surface area contributed by atoms with E-state index in [2.05, 4.69) is 0 Å². The molecule has 0 radical (unpaired) electrons. The van der Waals surface area contributed by atoms with Gasteiger partial charge in [-0.2, -0.15) is 0 Å². The van der Waals surface area contributed by atoms with E-state index in [0.717, 1.165) is 12.8 Å². The Morgan fingerprint density at radius 1 is 0.594 bits per heavy atom. The fourth-order valence-electron chi connectivity index (χ4n) is 2.20. The van der Waals surface area contributed by atoms with Crippen LogP contribution in [0.4, 0.5) is 0 Å². The molecule has 0 aromatic heterocycles. The highest BCUT2D eigenvalue weighted by Gasteiger charge is 2.30. The van der Waals surface area contributed by atoms with E-state index >= 15 is 0 Å². The molecule has 0 heterocycles. The number of hydrogen-bond acceptors (Lipinski definition) is 9. The second-order valence-electron chi connectivity index (χ2n) is 8.05. The lowest BCUT2D eigenvalue weighted by molar-refractivity contribution is -0.0820. The van der Waals surface area contributed by atoms with Gasteiger partial charge in [0.05, 0.1) is 70.7 Å². The van der Waals surface area contributed by atoms with Gasteiger partial charge in [0.25, 0.3) is 0 Å². The van der Waals surface area contributed by atoms with Crippen LogP contribution in [0.5, 0.6) is 0 Å². The zero-order chi connectivity index (χ0) is 25.4. The Morgan fingerprint density at radius 2 is 0.938 bits per heavy atom. The van der Waals surface area contributed by atoms with Gasteiger partial charge in [-0.3, -0.25) is 0 Å². The van der Waals surface area contributed by atoms with Crippen molar-refractivity contribution in [1.82, 2.24) is 0 Å². The number of rotatable bonds is 17. The van der Waals surface area contributed by atoms with Gasteiger partial charge in [0.1, 0.15) is 0 Å². The highest BCUT2D eigenvalue weighted by atomic mass is 16.5. The molecule has 0 aromatic carbocycles. The maximum Gasteiger partial charge on any atom is 0.0771 e. The van der Waals surface area contributed by atoms with E-state index in [9.17, 15) is 15.3 Å². The van der Waals surface area contributed by atoms with E-state index in [4.69, 9.17) is 29.9 Å². The molecular weight excluding hydrogens is 420 g/mol. The molecular formula is C23H52O9. The van der Waals surface area contributed by atoms with Crippen LogP contribution in [0.2, 0.25) is 0 Å². The number of hydrogen-bond donors (Lipinski definition) is 7. The first-order valence-electron chi connectivity index (χ1n) is 11.9. The molecule has 0 saturated heterocycles. The molecule has 0 aliphatic heterocycles. The van der Waals surface area contributed by atoms with Gasteiger partial charge in [-0.25, -0.2) is 0 Å². The summed E-state index contributed by atoms with van der Waals surface area (Å²) in [5.41, 5.74) is -0.449. The maximum absolute atomic E-state index is 9.67. The minimum absolute atomic E-state index is 0.0225. The monoisotopic (exact) mass is 472 g/mol. The molecule has 0 bridgehead atoms. The molecule has 0 amide bonds. The lowest BCUT2D eigenvalue weighted by atomic mass is 9.86. The number of aliphatic hydroxyl groups excluding tert-OH is 7. The fraction of sp³-hybridized carbons (Fsp3) is 1.00. The van der Waals surface area contributed by atoms with Crippen molar-refractivity contribution in [3.8, 4) is 0 Å². The summed E-state index contributed by atoms with van der Waals surface area (Å²) in [4.78, 5) is 0. The van der Waals surface area contributed by atoms with Crippen molar-refractivity contribution in [3.63, 3.8) is 0 Å². The van der Waals surface area contributed by atoms with Crippen LogP contribution >= 0.6 is 0 Å². The van der Waals surface area contributed by atoms with Crippen molar-refractivity contribution in [1.29, 1.82) is 0 Å². The van der Waals surface area contributed by atoms with Crippen LogP contribution in [0.3, 0.4) is 0 Å². The minimum Gasteiger partial charge on any atom is -0.396 e. The third-order valence-electron chi connectivity index (χ3n) is 4.86. The summed E-state index contributed by atoms with van der Waals surface area (Å²) < 4.78 is 11.1. The van der Waals surface area contributed by atoms with Crippen LogP contribution in [0.25, 0.3) is 0 Å². The molecule has 0 rings (SSSR count). The van der Waals surface area contributed by atoms with Crippen LogP contribution in [0.1, 0.15) is 73.1 Å². The van der Waals surface area contributed by atoms with E-state index in [1.54, 1.807) is 0 Å². The smallest absolute Gasteiger partial charge is 0.0771 e. The Morgan fingerprint density at radius 3 is 1.12 bits per heavy atom. The van der Waals surface area contributed by atoms with E-state index in [0.29, 0.717) is 38.9 Å². The molecule has 198 valence electrons. The lowest BCUT2D eigenvalue weighted by Gasteiger charge is -2.31. The van der Waals surface area contributed by atoms with Crippen molar-refractivity contribution in [3.05, 3.63) is 0 Å². The van der Waals surface area contributed by atoms with E-state index < -0.39 is 29.8 Å². The Hall–Kier alpha value is -0.360. The van der Waals surface area contributed by atoms with Gasteiger partial charge in [0.2, 0.25) is 0 Å². The summed E-state index contributed by atoms with van der Waals surface area (Å²) in [5.74, 6) is 0. The highest BCUT2D eigenvalue weighted by Crippen LogP contribution is 2.25. The van der Waals surface area contributed by atoms with Gasteiger partial charge in [-0.15, -0.1) is 0 Å². The number of ether oxygens (including phenoxy) is 2. The van der Waals surface area contributed by atoms with Gasteiger partial charge in [0, 0.05) is 5.41 Å². The predicted molar refractivity (Wildman–Crippen MR) is 125 cm³/mol. The van der Waals surface area contributed by atoms with Gasteiger partial charge >= 0.3 is 0 Å². The predicted octanol–water partition coefficient (Wildman–Crippen LogP) is 0.839. The topological polar surface area (TPSA) is 160 Å². The van der Waals surface area contributed by atoms with Gasteiger partial charge in [0.15, 0.2) is 0 Å². The molecule has 0 fully saturated rings. The third-order valence-corrected chi connectivity index (χ3v) is 4.86. The van der Waals surface area contributed by atoms with Gasteiger partial charge in [-0.05, 0) is 32.1 Å². The Kier molecular flexibility index (Phi) is 28.6. The molecule has 0 aliphatic rings. The van der Waals surface area contributed by atoms with Gasteiger partial charge < -0.3 is 45.2 Å².